The number of H-pyrrole nitrogens is 1. The van der Waals surface area contributed by atoms with Gasteiger partial charge in [-0.25, -0.2) is 4.79 Å². The monoisotopic (exact) mass is 372 g/mol. The number of hydrogen-bond donors (Lipinski definition) is 2. The van der Waals surface area contributed by atoms with Crippen molar-refractivity contribution in [3.8, 4) is 0 Å². The van der Waals surface area contributed by atoms with Crippen LogP contribution in [0.5, 0.6) is 0 Å². The summed E-state index contributed by atoms with van der Waals surface area (Å²) in [5.74, 6) is -0.593. The van der Waals surface area contributed by atoms with Gasteiger partial charge in [0.15, 0.2) is 5.71 Å². The van der Waals surface area contributed by atoms with Crippen LogP contribution in [0, 0.1) is 3.57 Å². The minimum atomic E-state index is -0.593. The second-order valence-electron chi connectivity index (χ2n) is 3.95. The number of halogens is 1. The molecule has 0 aliphatic carbocycles. The van der Waals surface area contributed by atoms with Gasteiger partial charge in [-0.2, -0.15) is 0 Å². The Hall–Kier alpha value is -1.57. The highest BCUT2D eigenvalue weighted by atomic mass is 127. The van der Waals surface area contributed by atoms with Crippen molar-refractivity contribution in [3.63, 3.8) is 0 Å². The summed E-state index contributed by atoms with van der Waals surface area (Å²) in [5, 5.41) is 13.0. The number of carbonyl (C=O) groups excluding carboxylic acids is 1. The number of benzene rings is 1. The molecule has 0 amide bonds. The summed E-state index contributed by atoms with van der Waals surface area (Å²) < 4.78 is 5.94. The second kappa shape index (κ2) is 6.05. The van der Waals surface area contributed by atoms with E-state index in [1.807, 2.05) is 24.4 Å². The number of nitrogens with one attached hydrogen (secondary N) is 1. The molecule has 1 aromatic heterocycles. The predicted molar refractivity (Wildman–Crippen MR) is 80.6 cm³/mol. The number of ether oxygens (including phenoxy) is 1. The molecular formula is C13H13IN2O3. The van der Waals surface area contributed by atoms with Gasteiger partial charge in [0.05, 0.1) is 6.61 Å². The number of hydrogen-bond acceptors (Lipinski definition) is 4. The largest absolute Gasteiger partial charge is 0.461 e. The van der Waals surface area contributed by atoms with Gasteiger partial charge in [0.2, 0.25) is 0 Å². The van der Waals surface area contributed by atoms with Crippen LogP contribution in [0.4, 0.5) is 0 Å². The third-order valence-corrected chi connectivity index (χ3v) is 3.39. The number of oxime groups is 1. The molecule has 0 spiro atoms. The zero-order valence-corrected chi connectivity index (χ0v) is 12.5. The molecule has 5 nitrogen and oxygen atoms in total. The fraction of sp³-hybridized carbons (Fsp3) is 0.231. The summed E-state index contributed by atoms with van der Waals surface area (Å²) in [6.45, 7) is 1.96. The van der Waals surface area contributed by atoms with E-state index in [9.17, 15) is 4.79 Å². The number of nitrogens with zero attached hydrogens (tertiary/aromatic N) is 1. The van der Waals surface area contributed by atoms with Crippen LogP contribution in [-0.4, -0.2) is 28.5 Å². The number of fused-ring (bicyclic) bond motifs is 1. The van der Waals surface area contributed by atoms with Crippen LogP contribution < -0.4 is 0 Å². The lowest BCUT2D eigenvalue weighted by atomic mass is 10.1. The van der Waals surface area contributed by atoms with Crippen molar-refractivity contribution < 1.29 is 14.7 Å². The number of aromatic amines is 1. The van der Waals surface area contributed by atoms with Gasteiger partial charge in [-0.1, -0.05) is 5.16 Å². The molecule has 100 valence electrons. The van der Waals surface area contributed by atoms with Crippen molar-refractivity contribution in [1.82, 2.24) is 4.98 Å². The Bertz CT molecular complexity index is 634. The van der Waals surface area contributed by atoms with Gasteiger partial charge in [0, 0.05) is 27.1 Å². The van der Waals surface area contributed by atoms with E-state index in [0.717, 1.165) is 20.0 Å². The molecule has 6 heteroatoms. The molecule has 2 rings (SSSR count). The van der Waals surface area contributed by atoms with Crippen LogP contribution in [0.2, 0.25) is 0 Å². The first-order chi connectivity index (χ1) is 9.15. The quantitative estimate of drug-likeness (QED) is 0.285. The lowest BCUT2D eigenvalue weighted by molar-refractivity contribution is -0.135. The van der Waals surface area contributed by atoms with Crippen molar-refractivity contribution >= 4 is 45.2 Å². The average molecular weight is 372 g/mol. The third-order valence-electron chi connectivity index (χ3n) is 2.72. The molecule has 0 radical (unpaired) electrons. The maximum atomic E-state index is 11.6. The van der Waals surface area contributed by atoms with Crippen LogP contribution in [-0.2, 0) is 16.0 Å². The molecule has 0 atom stereocenters. The SMILES string of the molecule is CCOC(=O)/C(Cc1c[nH]c2ccc(I)cc12)=N/O. The first-order valence-corrected chi connectivity index (χ1v) is 6.87. The highest BCUT2D eigenvalue weighted by Crippen LogP contribution is 2.21. The summed E-state index contributed by atoms with van der Waals surface area (Å²) in [6.07, 6.45) is 2.04. The van der Waals surface area contributed by atoms with Gasteiger partial charge in [-0.3, -0.25) is 0 Å². The molecule has 0 aliphatic rings. The molecule has 0 unspecified atom stereocenters. The maximum absolute atomic E-state index is 11.6. The second-order valence-corrected chi connectivity index (χ2v) is 5.19. The van der Waals surface area contributed by atoms with E-state index >= 15 is 0 Å². The van der Waals surface area contributed by atoms with Crippen molar-refractivity contribution in [1.29, 1.82) is 0 Å². The summed E-state index contributed by atoms with van der Waals surface area (Å²) in [4.78, 5) is 14.7. The Balaban J connectivity index is 2.30. The molecule has 0 fully saturated rings. The fourth-order valence-corrected chi connectivity index (χ4v) is 2.33. The predicted octanol–water partition coefficient (Wildman–Crippen LogP) is 2.71. The minimum Gasteiger partial charge on any atom is -0.461 e. The molecule has 0 bridgehead atoms. The first kappa shape index (κ1) is 13.9. The normalized spacial score (nSPS) is 11.8. The van der Waals surface area contributed by atoms with Crippen LogP contribution in [0.15, 0.2) is 29.6 Å². The van der Waals surface area contributed by atoms with Gasteiger partial charge in [0.25, 0.3) is 0 Å². The number of rotatable bonds is 4. The smallest absolute Gasteiger partial charge is 0.356 e. The Morgan fingerprint density at radius 1 is 1.53 bits per heavy atom. The molecule has 1 heterocycles. The van der Waals surface area contributed by atoms with Gasteiger partial charge < -0.3 is 14.9 Å². The van der Waals surface area contributed by atoms with Gasteiger partial charge in [-0.15, -0.1) is 0 Å². The molecular weight excluding hydrogens is 359 g/mol. The van der Waals surface area contributed by atoms with Gasteiger partial charge in [0.1, 0.15) is 0 Å². The molecule has 0 aliphatic heterocycles. The van der Waals surface area contributed by atoms with Crippen molar-refractivity contribution in [2.45, 2.75) is 13.3 Å². The highest BCUT2D eigenvalue weighted by molar-refractivity contribution is 14.1. The van der Waals surface area contributed by atoms with Crippen molar-refractivity contribution in [2.75, 3.05) is 6.61 Å². The fourth-order valence-electron chi connectivity index (χ4n) is 1.84. The lowest BCUT2D eigenvalue weighted by Crippen LogP contribution is -2.19. The Morgan fingerprint density at radius 2 is 2.32 bits per heavy atom. The molecule has 2 aromatic rings. The minimum absolute atomic E-state index is 0.00149. The van der Waals surface area contributed by atoms with Crippen LogP contribution in [0.1, 0.15) is 12.5 Å². The summed E-state index contributed by atoms with van der Waals surface area (Å²) in [6, 6.07) is 5.98. The zero-order chi connectivity index (χ0) is 13.8. The van der Waals surface area contributed by atoms with E-state index in [4.69, 9.17) is 9.94 Å². The number of carbonyl (C=O) groups is 1. The van der Waals surface area contributed by atoms with Gasteiger partial charge in [-0.05, 0) is 53.3 Å². The standard InChI is InChI=1S/C13H13IN2O3/c1-2-19-13(17)12(16-18)5-8-7-15-11-4-3-9(14)6-10(8)11/h3-4,6-7,15,18H,2,5H2,1H3/b16-12+. The number of aromatic nitrogens is 1. The Kier molecular flexibility index (Phi) is 4.41. The number of esters is 1. The highest BCUT2D eigenvalue weighted by Gasteiger charge is 2.16. The van der Waals surface area contributed by atoms with Crippen LogP contribution >= 0.6 is 22.6 Å². The van der Waals surface area contributed by atoms with E-state index in [2.05, 4.69) is 32.7 Å². The van der Waals surface area contributed by atoms with Crippen LogP contribution in [0.25, 0.3) is 10.9 Å². The summed E-state index contributed by atoms with van der Waals surface area (Å²) >= 11 is 2.23. The Morgan fingerprint density at radius 3 is 3.00 bits per heavy atom. The van der Waals surface area contributed by atoms with E-state index in [-0.39, 0.29) is 18.7 Å². The first-order valence-electron chi connectivity index (χ1n) is 5.79. The van der Waals surface area contributed by atoms with Crippen LogP contribution in [0.3, 0.4) is 0 Å². The van der Waals surface area contributed by atoms with E-state index in [1.54, 1.807) is 6.92 Å². The van der Waals surface area contributed by atoms with Crippen molar-refractivity contribution in [3.05, 3.63) is 33.5 Å². The average Bonchev–Trinajstić information content (AvgIpc) is 2.78. The topological polar surface area (TPSA) is 74.7 Å². The zero-order valence-electron chi connectivity index (χ0n) is 10.3. The maximum Gasteiger partial charge on any atom is 0.356 e. The molecule has 0 saturated carbocycles. The molecule has 2 N–H and O–H groups in total. The van der Waals surface area contributed by atoms with Crippen molar-refractivity contribution in [2.24, 2.45) is 5.16 Å². The third kappa shape index (κ3) is 3.06. The summed E-state index contributed by atoms with van der Waals surface area (Å²) in [5.41, 5.74) is 1.88. The molecule has 1 aromatic carbocycles. The molecule has 19 heavy (non-hydrogen) atoms. The van der Waals surface area contributed by atoms with E-state index < -0.39 is 5.97 Å². The summed E-state index contributed by atoms with van der Waals surface area (Å²) in [7, 11) is 0. The Labute approximate surface area is 123 Å². The lowest BCUT2D eigenvalue weighted by Gasteiger charge is -2.03. The van der Waals surface area contributed by atoms with Gasteiger partial charge >= 0.3 is 5.97 Å². The van der Waals surface area contributed by atoms with E-state index in [0.29, 0.717) is 0 Å². The van der Waals surface area contributed by atoms with E-state index in [1.165, 1.54) is 0 Å². The molecule has 0 saturated heterocycles.